The summed E-state index contributed by atoms with van der Waals surface area (Å²) in [5.41, 5.74) is 8.02. The van der Waals surface area contributed by atoms with Crippen molar-refractivity contribution in [2.24, 2.45) is 11.7 Å². The van der Waals surface area contributed by atoms with Crippen LogP contribution in [-0.2, 0) is 0 Å². The molecule has 1 aromatic heterocycles. The van der Waals surface area contributed by atoms with Crippen molar-refractivity contribution in [3.63, 3.8) is 0 Å². The maximum Gasteiger partial charge on any atom is 0.0569 e. The molecule has 0 unspecified atom stereocenters. The number of pyridine rings is 1. The first kappa shape index (κ1) is 12.4. The first-order chi connectivity index (χ1) is 8.20. The van der Waals surface area contributed by atoms with Crippen LogP contribution in [0.2, 0.25) is 0 Å². The Hall–Kier alpha value is -1.09. The minimum absolute atomic E-state index is 0.0205. The average Bonchev–Trinajstić information content (AvgIpc) is 3.13. The van der Waals surface area contributed by atoms with E-state index in [1.54, 1.807) is 0 Å². The van der Waals surface area contributed by atoms with Crippen LogP contribution in [0.4, 0.5) is 5.69 Å². The Balaban J connectivity index is 2.05. The number of nitrogens with zero attached hydrogens (tertiary/aromatic N) is 2. The number of rotatable bonds is 6. The van der Waals surface area contributed by atoms with Crippen LogP contribution in [0.25, 0.3) is 0 Å². The molecule has 1 aliphatic carbocycles. The van der Waals surface area contributed by atoms with Gasteiger partial charge in [0.05, 0.1) is 17.6 Å². The Bertz CT molecular complexity index is 341. The highest BCUT2D eigenvalue weighted by Crippen LogP contribution is 2.31. The zero-order valence-electron chi connectivity index (χ0n) is 10.9. The topological polar surface area (TPSA) is 42.1 Å². The molecule has 3 nitrogen and oxygen atoms in total. The number of nitrogens with two attached hydrogens (primary N) is 1. The van der Waals surface area contributed by atoms with E-state index in [9.17, 15) is 0 Å². The summed E-state index contributed by atoms with van der Waals surface area (Å²) >= 11 is 0. The summed E-state index contributed by atoms with van der Waals surface area (Å²) in [6.45, 7) is 6.50. The van der Waals surface area contributed by atoms with Gasteiger partial charge in [0, 0.05) is 19.1 Å². The molecule has 0 aromatic carbocycles. The van der Waals surface area contributed by atoms with Crippen LogP contribution in [0, 0.1) is 5.92 Å². The number of hydrogen-bond donors (Lipinski definition) is 1. The second kappa shape index (κ2) is 5.50. The minimum atomic E-state index is 0.0205. The average molecular weight is 233 g/mol. The summed E-state index contributed by atoms with van der Waals surface area (Å²) in [5, 5.41) is 0. The molecule has 1 saturated carbocycles. The maximum absolute atomic E-state index is 5.81. The summed E-state index contributed by atoms with van der Waals surface area (Å²) in [5.74, 6) is 0.912. The fraction of sp³-hybridized carbons (Fsp3) is 0.643. The second-order valence-electron chi connectivity index (χ2n) is 5.12. The van der Waals surface area contributed by atoms with E-state index in [0.29, 0.717) is 0 Å². The molecule has 1 atom stereocenters. The van der Waals surface area contributed by atoms with Crippen molar-refractivity contribution in [2.45, 2.75) is 39.2 Å². The standard InChI is InChI=1S/C14H23N3/c1-3-8-17(10-12-4-5-12)13-6-7-14(11(2)15)16-9-13/h6-7,9,11-12H,3-5,8,10,15H2,1-2H3/t11-/m0/s1. The fourth-order valence-electron chi connectivity index (χ4n) is 2.06. The third-order valence-electron chi connectivity index (χ3n) is 3.27. The molecular formula is C14H23N3. The summed E-state index contributed by atoms with van der Waals surface area (Å²) in [7, 11) is 0. The Morgan fingerprint density at radius 3 is 2.71 bits per heavy atom. The van der Waals surface area contributed by atoms with Crippen LogP contribution in [0.1, 0.15) is 44.8 Å². The number of anilines is 1. The van der Waals surface area contributed by atoms with E-state index in [0.717, 1.165) is 18.2 Å². The van der Waals surface area contributed by atoms with Crippen molar-refractivity contribution < 1.29 is 0 Å². The van der Waals surface area contributed by atoms with Crippen LogP contribution >= 0.6 is 0 Å². The predicted octanol–water partition coefficient (Wildman–Crippen LogP) is 2.73. The van der Waals surface area contributed by atoms with Gasteiger partial charge in [0.25, 0.3) is 0 Å². The first-order valence-corrected chi connectivity index (χ1v) is 6.67. The Morgan fingerprint density at radius 1 is 1.47 bits per heavy atom. The lowest BCUT2D eigenvalue weighted by Gasteiger charge is -2.24. The Morgan fingerprint density at radius 2 is 2.24 bits per heavy atom. The molecule has 2 rings (SSSR count). The van der Waals surface area contributed by atoms with Crippen molar-refractivity contribution >= 4 is 5.69 Å². The van der Waals surface area contributed by atoms with Crippen LogP contribution in [0.5, 0.6) is 0 Å². The molecule has 0 saturated heterocycles. The van der Waals surface area contributed by atoms with Gasteiger partial charge in [0.15, 0.2) is 0 Å². The first-order valence-electron chi connectivity index (χ1n) is 6.67. The van der Waals surface area contributed by atoms with E-state index < -0.39 is 0 Å². The molecule has 0 bridgehead atoms. The van der Waals surface area contributed by atoms with Gasteiger partial charge in [-0.25, -0.2) is 0 Å². The van der Waals surface area contributed by atoms with Crippen molar-refractivity contribution in [3.8, 4) is 0 Å². The lowest BCUT2D eigenvalue weighted by Crippen LogP contribution is -2.26. The molecule has 1 fully saturated rings. The second-order valence-corrected chi connectivity index (χ2v) is 5.12. The van der Waals surface area contributed by atoms with Crippen LogP contribution < -0.4 is 10.6 Å². The van der Waals surface area contributed by atoms with E-state index in [1.165, 1.54) is 31.5 Å². The third kappa shape index (κ3) is 3.43. The van der Waals surface area contributed by atoms with Gasteiger partial charge in [-0.3, -0.25) is 4.98 Å². The zero-order valence-corrected chi connectivity index (χ0v) is 10.9. The SMILES string of the molecule is CCCN(CC1CC1)c1ccc([C@H](C)N)nc1. The van der Waals surface area contributed by atoms with Gasteiger partial charge in [0.1, 0.15) is 0 Å². The van der Waals surface area contributed by atoms with E-state index in [1.807, 2.05) is 13.1 Å². The Labute approximate surface area is 104 Å². The van der Waals surface area contributed by atoms with Crippen LogP contribution in [-0.4, -0.2) is 18.1 Å². The molecular weight excluding hydrogens is 210 g/mol. The van der Waals surface area contributed by atoms with Crippen LogP contribution in [0.15, 0.2) is 18.3 Å². The monoisotopic (exact) mass is 233 g/mol. The molecule has 94 valence electrons. The van der Waals surface area contributed by atoms with E-state index in [2.05, 4.69) is 28.9 Å². The number of hydrogen-bond acceptors (Lipinski definition) is 3. The lowest BCUT2D eigenvalue weighted by atomic mass is 10.2. The molecule has 3 heteroatoms. The summed E-state index contributed by atoms with van der Waals surface area (Å²) < 4.78 is 0. The van der Waals surface area contributed by atoms with Gasteiger partial charge >= 0.3 is 0 Å². The molecule has 0 aliphatic heterocycles. The van der Waals surface area contributed by atoms with Crippen LogP contribution in [0.3, 0.4) is 0 Å². The molecule has 1 aromatic rings. The summed E-state index contributed by atoms with van der Waals surface area (Å²) in [4.78, 5) is 6.90. The zero-order chi connectivity index (χ0) is 12.3. The molecule has 0 amide bonds. The van der Waals surface area contributed by atoms with Gasteiger partial charge in [-0.15, -0.1) is 0 Å². The fourth-order valence-corrected chi connectivity index (χ4v) is 2.06. The summed E-state index contributed by atoms with van der Waals surface area (Å²) in [6.07, 6.45) is 5.94. The highest BCUT2D eigenvalue weighted by Gasteiger charge is 2.24. The van der Waals surface area contributed by atoms with Crippen molar-refractivity contribution in [1.29, 1.82) is 0 Å². The third-order valence-corrected chi connectivity index (χ3v) is 3.27. The van der Waals surface area contributed by atoms with Gasteiger partial charge < -0.3 is 10.6 Å². The molecule has 2 N–H and O–H groups in total. The minimum Gasteiger partial charge on any atom is -0.370 e. The largest absolute Gasteiger partial charge is 0.370 e. The van der Waals surface area contributed by atoms with E-state index in [-0.39, 0.29) is 6.04 Å². The van der Waals surface area contributed by atoms with Crippen molar-refractivity contribution in [2.75, 3.05) is 18.0 Å². The summed E-state index contributed by atoms with van der Waals surface area (Å²) in [6, 6.07) is 4.23. The van der Waals surface area contributed by atoms with Gasteiger partial charge in [-0.2, -0.15) is 0 Å². The molecule has 1 aliphatic rings. The predicted molar refractivity (Wildman–Crippen MR) is 72.1 cm³/mol. The normalized spacial score (nSPS) is 16.9. The van der Waals surface area contributed by atoms with Crippen molar-refractivity contribution in [3.05, 3.63) is 24.0 Å². The maximum atomic E-state index is 5.81. The molecule has 0 radical (unpaired) electrons. The van der Waals surface area contributed by atoms with E-state index in [4.69, 9.17) is 5.73 Å². The number of aromatic nitrogens is 1. The lowest BCUT2D eigenvalue weighted by molar-refractivity contribution is 0.704. The Kier molecular flexibility index (Phi) is 4.00. The molecule has 0 spiro atoms. The van der Waals surface area contributed by atoms with Gasteiger partial charge in [-0.1, -0.05) is 6.92 Å². The molecule has 17 heavy (non-hydrogen) atoms. The smallest absolute Gasteiger partial charge is 0.0569 e. The van der Waals surface area contributed by atoms with Gasteiger partial charge in [0.2, 0.25) is 0 Å². The van der Waals surface area contributed by atoms with Gasteiger partial charge in [-0.05, 0) is 44.2 Å². The quantitative estimate of drug-likeness (QED) is 0.821. The van der Waals surface area contributed by atoms with Crippen molar-refractivity contribution in [1.82, 2.24) is 4.98 Å². The van der Waals surface area contributed by atoms with E-state index >= 15 is 0 Å². The molecule has 1 heterocycles. The highest BCUT2D eigenvalue weighted by atomic mass is 15.1. The highest BCUT2D eigenvalue weighted by molar-refractivity contribution is 5.45.